The number of hydrogen-bond donors (Lipinski definition) is 2. The summed E-state index contributed by atoms with van der Waals surface area (Å²) >= 11 is 0. The fraction of sp³-hybridized carbons (Fsp3) is 0.182. The molecule has 2 rings (SSSR count). The van der Waals surface area contributed by atoms with E-state index < -0.39 is 5.97 Å². The maximum atomic E-state index is 10.9. The average Bonchev–Trinajstić information content (AvgIpc) is 2.76. The van der Waals surface area contributed by atoms with Crippen molar-refractivity contribution in [2.45, 2.75) is 13.5 Å². The summed E-state index contributed by atoms with van der Waals surface area (Å²) in [7, 11) is 0. The van der Waals surface area contributed by atoms with Gasteiger partial charge in [0.15, 0.2) is 5.82 Å². The van der Waals surface area contributed by atoms with Crippen molar-refractivity contribution in [3.05, 3.63) is 24.3 Å². The van der Waals surface area contributed by atoms with E-state index in [0.717, 1.165) is 0 Å². The molecule has 1 aromatic carbocycles. The third kappa shape index (κ3) is 3.12. The van der Waals surface area contributed by atoms with Crippen molar-refractivity contribution in [1.82, 2.24) is 20.2 Å². The molecule has 1 aromatic heterocycles. The number of anilines is 1. The van der Waals surface area contributed by atoms with Crippen LogP contribution in [0.2, 0.25) is 0 Å². The molecule has 2 N–H and O–H groups in total. The number of rotatable bonds is 4. The molecule has 0 atom stereocenters. The van der Waals surface area contributed by atoms with Crippen molar-refractivity contribution < 1.29 is 14.7 Å². The van der Waals surface area contributed by atoms with E-state index in [1.54, 1.807) is 24.3 Å². The minimum atomic E-state index is -1.02. The molecule has 1 amide bonds. The van der Waals surface area contributed by atoms with Crippen LogP contribution in [0, 0.1) is 0 Å². The van der Waals surface area contributed by atoms with Crippen molar-refractivity contribution in [2.24, 2.45) is 0 Å². The highest BCUT2D eigenvalue weighted by molar-refractivity contribution is 5.88. The van der Waals surface area contributed by atoms with Gasteiger partial charge in [-0.25, -0.2) is 4.68 Å². The summed E-state index contributed by atoms with van der Waals surface area (Å²) < 4.78 is 1.19. The summed E-state index contributed by atoms with van der Waals surface area (Å²) in [5, 5.41) is 22.2. The first-order valence-electron chi connectivity index (χ1n) is 5.42. The minimum absolute atomic E-state index is 0.163. The van der Waals surface area contributed by atoms with E-state index in [-0.39, 0.29) is 12.5 Å². The first-order chi connectivity index (χ1) is 9.06. The molecule has 2 aromatic rings. The van der Waals surface area contributed by atoms with Crippen molar-refractivity contribution in [3.63, 3.8) is 0 Å². The van der Waals surface area contributed by atoms with Gasteiger partial charge in [0.25, 0.3) is 0 Å². The number of carboxylic acids is 1. The lowest BCUT2D eigenvalue weighted by Gasteiger charge is -2.04. The summed E-state index contributed by atoms with van der Waals surface area (Å²) in [6.45, 7) is 1.11. The van der Waals surface area contributed by atoms with Crippen LogP contribution in [0.1, 0.15) is 6.92 Å². The Morgan fingerprint density at radius 2 is 2.00 bits per heavy atom. The number of aromatic nitrogens is 4. The number of aliphatic carboxylic acids is 1. The molecular weight excluding hydrogens is 250 g/mol. The zero-order valence-corrected chi connectivity index (χ0v) is 10.1. The largest absolute Gasteiger partial charge is 0.480 e. The van der Waals surface area contributed by atoms with Crippen LogP contribution >= 0.6 is 0 Å². The Hall–Kier alpha value is -2.77. The second kappa shape index (κ2) is 5.25. The van der Waals surface area contributed by atoms with Gasteiger partial charge < -0.3 is 10.4 Å². The smallest absolute Gasteiger partial charge is 0.325 e. The van der Waals surface area contributed by atoms with E-state index in [0.29, 0.717) is 17.1 Å². The van der Waals surface area contributed by atoms with Gasteiger partial charge in [-0.3, -0.25) is 9.59 Å². The molecular formula is C11H11N5O3. The highest BCUT2D eigenvalue weighted by Gasteiger charge is 2.11. The predicted octanol–water partition coefficient (Wildman–Crippen LogP) is 0.383. The second-order valence-corrected chi connectivity index (χ2v) is 3.81. The van der Waals surface area contributed by atoms with Crippen LogP contribution < -0.4 is 5.32 Å². The van der Waals surface area contributed by atoms with Crippen LogP contribution in [-0.2, 0) is 16.1 Å². The van der Waals surface area contributed by atoms with Crippen LogP contribution in [0.15, 0.2) is 24.3 Å². The summed E-state index contributed by atoms with van der Waals surface area (Å²) in [6, 6.07) is 6.79. The molecule has 0 unspecified atom stereocenters. The number of amides is 1. The summed E-state index contributed by atoms with van der Waals surface area (Å²) in [5.74, 6) is -0.830. The maximum Gasteiger partial charge on any atom is 0.325 e. The molecule has 0 saturated heterocycles. The van der Waals surface area contributed by atoms with Gasteiger partial charge in [-0.1, -0.05) is 0 Å². The van der Waals surface area contributed by atoms with Crippen LogP contribution in [0.5, 0.6) is 0 Å². The lowest BCUT2D eigenvalue weighted by Crippen LogP contribution is -2.11. The molecule has 8 heteroatoms. The summed E-state index contributed by atoms with van der Waals surface area (Å²) in [5.41, 5.74) is 1.31. The molecule has 0 bridgehead atoms. The average molecular weight is 261 g/mol. The highest BCUT2D eigenvalue weighted by Crippen LogP contribution is 2.18. The number of tetrazole rings is 1. The molecule has 0 aliphatic carbocycles. The van der Waals surface area contributed by atoms with Crippen molar-refractivity contribution >= 4 is 17.6 Å². The van der Waals surface area contributed by atoms with Gasteiger partial charge in [-0.15, -0.1) is 5.10 Å². The second-order valence-electron chi connectivity index (χ2n) is 3.81. The first kappa shape index (κ1) is 12.7. The van der Waals surface area contributed by atoms with Gasteiger partial charge in [0.1, 0.15) is 6.54 Å². The van der Waals surface area contributed by atoms with Crippen LogP contribution in [-0.4, -0.2) is 37.2 Å². The summed E-state index contributed by atoms with van der Waals surface area (Å²) in [4.78, 5) is 21.6. The number of benzene rings is 1. The van der Waals surface area contributed by atoms with Gasteiger partial charge in [0.05, 0.1) is 0 Å². The SMILES string of the molecule is CC(=O)Nc1ccc(-c2nnnn2CC(=O)O)cc1. The Morgan fingerprint density at radius 1 is 1.32 bits per heavy atom. The van der Waals surface area contributed by atoms with Crippen LogP contribution in [0.25, 0.3) is 11.4 Å². The van der Waals surface area contributed by atoms with E-state index >= 15 is 0 Å². The van der Waals surface area contributed by atoms with Crippen molar-refractivity contribution in [3.8, 4) is 11.4 Å². The monoisotopic (exact) mass is 261 g/mol. The van der Waals surface area contributed by atoms with Gasteiger partial charge in [0, 0.05) is 18.2 Å². The predicted molar refractivity (Wildman–Crippen MR) is 65.2 cm³/mol. The van der Waals surface area contributed by atoms with Crippen LogP contribution in [0.3, 0.4) is 0 Å². The standard InChI is InChI=1S/C11H11N5O3/c1-7(17)12-9-4-2-8(3-5-9)11-13-14-15-16(11)6-10(18)19/h2-5H,6H2,1H3,(H,12,17)(H,18,19). The van der Waals surface area contributed by atoms with E-state index in [4.69, 9.17) is 5.11 Å². The zero-order chi connectivity index (χ0) is 13.8. The first-order valence-corrected chi connectivity index (χ1v) is 5.42. The Bertz CT molecular complexity index is 605. The molecule has 98 valence electrons. The lowest BCUT2D eigenvalue weighted by molar-refractivity contribution is -0.137. The lowest BCUT2D eigenvalue weighted by atomic mass is 10.2. The number of carbonyl (C=O) groups is 2. The van der Waals surface area contributed by atoms with Crippen LogP contribution in [0.4, 0.5) is 5.69 Å². The highest BCUT2D eigenvalue weighted by atomic mass is 16.4. The number of carbonyl (C=O) groups excluding carboxylic acids is 1. The van der Waals surface area contributed by atoms with E-state index in [9.17, 15) is 9.59 Å². The molecule has 8 nitrogen and oxygen atoms in total. The molecule has 0 aliphatic heterocycles. The van der Waals surface area contributed by atoms with Gasteiger partial charge in [-0.05, 0) is 34.7 Å². The molecule has 0 fully saturated rings. The number of nitrogens with zero attached hydrogens (tertiary/aromatic N) is 4. The third-order valence-electron chi connectivity index (χ3n) is 2.28. The topological polar surface area (TPSA) is 110 Å². The normalized spacial score (nSPS) is 10.2. The van der Waals surface area contributed by atoms with Gasteiger partial charge in [0.2, 0.25) is 5.91 Å². The number of nitrogens with one attached hydrogen (secondary N) is 1. The third-order valence-corrected chi connectivity index (χ3v) is 2.28. The number of carboxylic acid groups (broad SMARTS) is 1. The van der Waals surface area contributed by atoms with E-state index in [1.807, 2.05) is 0 Å². The molecule has 19 heavy (non-hydrogen) atoms. The molecule has 1 heterocycles. The molecule has 0 spiro atoms. The Morgan fingerprint density at radius 3 is 2.58 bits per heavy atom. The Balaban J connectivity index is 2.25. The fourth-order valence-corrected chi connectivity index (χ4v) is 1.55. The molecule has 0 aliphatic rings. The van der Waals surface area contributed by atoms with Gasteiger partial charge in [-0.2, -0.15) is 0 Å². The zero-order valence-electron chi connectivity index (χ0n) is 10.1. The summed E-state index contributed by atoms with van der Waals surface area (Å²) in [6.07, 6.45) is 0. The number of hydrogen-bond acceptors (Lipinski definition) is 5. The van der Waals surface area contributed by atoms with E-state index in [2.05, 4.69) is 20.8 Å². The fourth-order valence-electron chi connectivity index (χ4n) is 1.55. The molecule has 0 radical (unpaired) electrons. The maximum absolute atomic E-state index is 10.9. The quantitative estimate of drug-likeness (QED) is 0.823. The Labute approximate surface area is 108 Å². The van der Waals surface area contributed by atoms with Gasteiger partial charge >= 0.3 is 5.97 Å². The van der Waals surface area contributed by atoms with Crippen molar-refractivity contribution in [2.75, 3.05) is 5.32 Å². The molecule has 0 saturated carbocycles. The van der Waals surface area contributed by atoms with Crippen molar-refractivity contribution in [1.29, 1.82) is 0 Å². The minimum Gasteiger partial charge on any atom is -0.480 e. The Kier molecular flexibility index (Phi) is 3.51. The van der Waals surface area contributed by atoms with E-state index in [1.165, 1.54) is 11.6 Å².